The van der Waals surface area contributed by atoms with Crippen molar-refractivity contribution in [1.29, 1.82) is 0 Å². The van der Waals surface area contributed by atoms with Gasteiger partial charge in [-0.25, -0.2) is 17.9 Å². The average molecular weight is 307 g/mol. The molecule has 114 valence electrons. The quantitative estimate of drug-likeness (QED) is 0.872. The number of nitrogens with zero attached hydrogens (tertiary/aromatic N) is 5. The molecule has 3 rings (SSSR count). The van der Waals surface area contributed by atoms with Crippen molar-refractivity contribution in [1.82, 2.24) is 19.9 Å². The van der Waals surface area contributed by atoms with Gasteiger partial charge in [0.05, 0.1) is 24.0 Å². The summed E-state index contributed by atoms with van der Waals surface area (Å²) in [6, 6.07) is 3.45. The minimum Gasteiger partial charge on any atom is -0.352 e. The van der Waals surface area contributed by atoms with E-state index >= 15 is 0 Å². The summed E-state index contributed by atoms with van der Waals surface area (Å²) in [5, 5.41) is 7.88. The van der Waals surface area contributed by atoms with Crippen molar-refractivity contribution in [3.63, 3.8) is 0 Å². The van der Waals surface area contributed by atoms with Crippen LogP contribution in [0.2, 0.25) is 0 Å². The van der Waals surface area contributed by atoms with E-state index in [0.29, 0.717) is 24.6 Å². The first kappa shape index (κ1) is 14.3. The third kappa shape index (κ3) is 3.00. The highest BCUT2D eigenvalue weighted by atomic mass is 19.3. The fourth-order valence-electron chi connectivity index (χ4n) is 2.07. The van der Waals surface area contributed by atoms with E-state index in [4.69, 9.17) is 0 Å². The van der Waals surface area contributed by atoms with Crippen LogP contribution in [-0.2, 0) is 6.54 Å². The van der Waals surface area contributed by atoms with E-state index in [-0.39, 0.29) is 0 Å². The van der Waals surface area contributed by atoms with Crippen molar-refractivity contribution in [3.05, 3.63) is 53.7 Å². The van der Waals surface area contributed by atoms with Crippen molar-refractivity contribution >= 4 is 6.21 Å². The molecular weight excluding hydrogens is 295 g/mol. The first-order chi connectivity index (χ1) is 10.6. The first-order valence-electron chi connectivity index (χ1n) is 6.53. The molecule has 2 heterocycles. The second-order valence-electron chi connectivity index (χ2n) is 4.72. The lowest BCUT2D eigenvalue weighted by atomic mass is 10.2. The smallest absolute Gasteiger partial charge is 0.266 e. The Morgan fingerprint density at radius 3 is 2.86 bits per heavy atom. The van der Waals surface area contributed by atoms with E-state index in [1.165, 1.54) is 10.7 Å². The Morgan fingerprint density at radius 2 is 2.14 bits per heavy atom. The van der Waals surface area contributed by atoms with Crippen LogP contribution < -0.4 is 0 Å². The molecule has 0 atom stereocenters. The monoisotopic (exact) mass is 307 g/mol. The van der Waals surface area contributed by atoms with Crippen LogP contribution in [0.15, 0.2) is 41.7 Å². The fourth-order valence-corrected chi connectivity index (χ4v) is 2.07. The number of aromatic nitrogens is 3. The number of hydrogen-bond donors (Lipinski definition) is 0. The molecule has 2 aromatic rings. The molecule has 0 aliphatic carbocycles. The lowest BCUT2D eigenvalue weighted by Gasteiger charge is -2.17. The van der Waals surface area contributed by atoms with E-state index in [0.717, 1.165) is 12.1 Å². The topological polar surface area (TPSA) is 46.3 Å². The molecule has 22 heavy (non-hydrogen) atoms. The first-order valence-corrected chi connectivity index (χ1v) is 6.53. The zero-order valence-electron chi connectivity index (χ0n) is 11.4. The summed E-state index contributed by atoms with van der Waals surface area (Å²) in [5.74, 6) is -0.935. The average Bonchev–Trinajstić information content (AvgIpc) is 2.97. The van der Waals surface area contributed by atoms with Crippen LogP contribution in [0.25, 0.3) is 5.69 Å². The van der Waals surface area contributed by atoms with Crippen LogP contribution >= 0.6 is 0 Å². The molecule has 0 unspecified atom stereocenters. The van der Waals surface area contributed by atoms with Gasteiger partial charge < -0.3 is 4.90 Å². The van der Waals surface area contributed by atoms with E-state index in [2.05, 4.69) is 15.3 Å². The number of aliphatic imine (C=N–C) groups is 1. The maximum Gasteiger partial charge on any atom is 0.266 e. The van der Waals surface area contributed by atoms with Gasteiger partial charge >= 0.3 is 0 Å². The third-order valence-electron chi connectivity index (χ3n) is 3.14. The number of hydrogen-bond acceptors (Lipinski definition) is 4. The normalized spacial score (nSPS) is 14.1. The summed E-state index contributed by atoms with van der Waals surface area (Å²) in [4.78, 5) is 6.01. The van der Waals surface area contributed by atoms with Gasteiger partial charge in [-0.1, -0.05) is 5.21 Å². The molecule has 0 saturated heterocycles. The molecule has 0 fully saturated rings. The SMILES string of the molecule is Fc1ccc(-n2cc(CN3C=CC=NC3)nn2)cc1C(F)F. The Bertz CT molecular complexity index is 723. The van der Waals surface area contributed by atoms with Crippen LogP contribution in [-0.4, -0.2) is 32.8 Å². The van der Waals surface area contributed by atoms with Gasteiger partial charge in [0.2, 0.25) is 0 Å². The zero-order chi connectivity index (χ0) is 15.5. The van der Waals surface area contributed by atoms with Gasteiger partial charge in [-0.15, -0.1) is 5.10 Å². The Hall–Kier alpha value is -2.64. The Morgan fingerprint density at radius 1 is 1.27 bits per heavy atom. The van der Waals surface area contributed by atoms with Crippen molar-refractivity contribution in [2.75, 3.05) is 6.67 Å². The summed E-state index contributed by atoms with van der Waals surface area (Å²) in [7, 11) is 0. The van der Waals surface area contributed by atoms with Gasteiger partial charge in [-0.3, -0.25) is 4.99 Å². The summed E-state index contributed by atoms with van der Waals surface area (Å²) >= 11 is 0. The highest BCUT2D eigenvalue weighted by molar-refractivity contribution is 5.71. The number of alkyl halides is 2. The summed E-state index contributed by atoms with van der Waals surface area (Å²) in [6.45, 7) is 1.02. The maximum atomic E-state index is 13.3. The molecule has 0 spiro atoms. The van der Waals surface area contributed by atoms with Crippen LogP contribution in [0.5, 0.6) is 0 Å². The molecule has 1 aliphatic rings. The highest BCUT2D eigenvalue weighted by Gasteiger charge is 2.15. The molecule has 0 saturated carbocycles. The van der Waals surface area contributed by atoms with Gasteiger partial charge in [0.15, 0.2) is 0 Å². The fraction of sp³-hybridized carbons (Fsp3) is 0.214. The molecule has 0 bridgehead atoms. The van der Waals surface area contributed by atoms with Crippen LogP contribution in [0, 0.1) is 5.82 Å². The lowest BCUT2D eigenvalue weighted by Crippen LogP contribution is -2.19. The van der Waals surface area contributed by atoms with Gasteiger partial charge in [-0.05, 0) is 24.3 Å². The minimum atomic E-state index is -2.88. The van der Waals surface area contributed by atoms with Gasteiger partial charge in [-0.2, -0.15) is 0 Å². The van der Waals surface area contributed by atoms with Crippen LogP contribution in [0.3, 0.4) is 0 Å². The van der Waals surface area contributed by atoms with E-state index < -0.39 is 17.8 Å². The van der Waals surface area contributed by atoms with E-state index in [1.807, 2.05) is 17.2 Å². The molecule has 1 aliphatic heterocycles. The predicted octanol–water partition coefficient (Wildman–Crippen LogP) is 2.70. The van der Waals surface area contributed by atoms with Gasteiger partial charge in [0.25, 0.3) is 6.43 Å². The molecule has 1 aromatic heterocycles. The lowest BCUT2D eigenvalue weighted by molar-refractivity contribution is 0.146. The summed E-state index contributed by atoms with van der Waals surface area (Å²) in [6.07, 6.45) is 4.13. The Labute approximate surface area is 124 Å². The predicted molar refractivity (Wildman–Crippen MR) is 74.3 cm³/mol. The van der Waals surface area contributed by atoms with Crippen molar-refractivity contribution < 1.29 is 13.2 Å². The van der Waals surface area contributed by atoms with Crippen LogP contribution in [0.1, 0.15) is 17.7 Å². The molecular formula is C14H12F3N5. The molecule has 5 nitrogen and oxygen atoms in total. The Kier molecular flexibility index (Phi) is 3.90. The van der Waals surface area contributed by atoms with Crippen molar-refractivity contribution in [2.24, 2.45) is 4.99 Å². The van der Waals surface area contributed by atoms with Crippen molar-refractivity contribution in [3.8, 4) is 5.69 Å². The molecule has 1 aromatic carbocycles. The Balaban J connectivity index is 1.80. The molecule has 8 heteroatoms. The number of halogens is 3. The van der Waals surface area contributed by atoms with Gasteiger partial charge in [0, 0.05) is 12.4 Å². The third-order valence-corrected chi connectivity index (χ3v) is 3.14. The second-order valence-corrected chi connectivity index (χ2v) is 4.72. The van der Waals surface area contributed by atoms with Gasteiger partial charge in [0.1, 0.15) is 18.2 Å². The standard InChI is InChI=1S/C14H12F3N5/c15-13-3-2-11(6-12(13)14(16)17)22-8-10(19-20-22)7-21-5-1-4-18-9-21/h1-6,8,14H,7,9H2. The molecule has 0 radical (unpaired) electrons. The maximum absolute atomic E-state index is 13.3. The molecule has 0 amide bonds. The van der Waals surface area contributed by atoms with E-state index in [1.54, 1.807) is 12.4 Å². The number of allylic oxidation sites excluding steroid dienone is 1. The van der Waals surface area contributed by atoms with Crippen molar-refractivity contribution in [2.45, 2.75) is 13.0 Å². The largest absolute Gasteiger partial charge is 0.352 e. The minimum absolute atomic E-state index is 0.336. The summed E-state index contributed by atoms with van der Waals surface area (Å²) < 4.78 is 40.1. The van der Waals surface area contributed by atoms with E-state index in [9.17, 15) is 13.2 Å². The van der Waals surface area contributed by atoms with Crippen LogP contribution in [0.4, 0.5) is 13.2 Å². The number of benzene rings is 1. The second kappa shape index (κ2) is 6.00. The zero-order valence-corrected chi connectivity index (χ0v) is 11.4. The number of rotatable bonds is 4. The highest BCUT2D eigenvalue weighted by Crippen LogP contribution is 2.24. The summed E-state index contributed by atoms with van der Waals surface area (Å²) in [5.41, 5.74) is 0.343. The molecule has 0 N–H and O–H groups in total.